The molecule has 1 N–H and O–H groups in total. The van der Waals surface area contributed by atoms with Crippen LogP contribution in [0.3, 0.4) is 0 Å². The summed E-state index contributed by atoms with van der Waals surface area (Å²) in [6, 6.07) is 7.90. The molecule has 1 aromatic rings. The molecule has 0 saturated carbocycles. The van der Waals surface area contributed by atoms with Gasteiger partial charge < -0.3 is 24.4 Å². The summed E-state index contributed by atoms with van der Waals surface area (Å²) in [5.41, 5.74) is 1.03. The second kappa shape index (κ2) is 7.23. The Labute approximate surface area is 158 Å². The zero-order valence-corrected chi connectivity index (χ0v) is 15.3. The topological polar surface area (TPSA) is 79.3 Å². The first kappa shape index (κ1) is 17.9. The van der Waals surface area contributed by atoms with E-state index in [1.165, 1.54) is 0 Å². The van der Waals surface area contributed by atoms with Crippen molar-refractivity contribution in [2.24, 2.45) is 11.8 Å². The Morgan fingerprint density at radius 3 is 2.44 bits per heavy atom. The number of hydrogen-bond donors (Lipinski definition) is 1. The molecule has 4 rings (SSSR count). The molecule has 0 unspecified atom stereocenters. The van der Waals surface area contributed by atoms with Crippen molar-refractivity contribution >= 4 is 17.6 Å². The molecule has 4 atom stereocenters. The molecule has 0 aromatic heterocycles. The molecule has 0 spiro atoms. The van der Waals surface area contributed by atoms with Crippen molar-refractivity contribution in [1.82, 2.24) is 4.90 Å². The van der Waals surface area contributed by atoms with E-state index in [0.717, 1.165) is 11.4 Å². The van der Waals surface area contributed by atoms with Gasteiger partial charge in [-0.1, -0.05) is 24.3 Å². The fourth-order valence-corrected chi connectivity index (χ4v) is 4.27. The van der Waals surface area contributed by atoms with Crippen molar-refractivity contribution in [1.29, 1.82) is 0 Å². The van der Waals surface area contributed by atoms with Crippen molar-refractivity contribution in [3.05, 3.63) is 36.4 Å². The number of piperazine rings is 1. The van der Waals surface area contributed by atoms with E-state index in [2.05, 4.69) is 4.90 Å². The number of amides is 1. The van der Waals surface area contributed by atoms with Crippen molar-refractivity contribution in [2.45, 2.75) is 19.1 Å². The minimum absolute atomic E-state index is 0.114. The van der Waals surface area contributed by atoms with Crippen LogP contribution in [0.4, 0.5) is 5.69 Å². The summed E-state index contributed by atoms with van der Waals surface area (Å²) < 4.78 is 11.3. The largest absolute Gasteiger partial charge is 0.492 e. The molecule has 27 heavy (non-hydrogen) atoms. The lowest BCUT2D eigenvalue weighted by atomic mass is 9.82. The number of aliphatic carboxylic acids is 1. The van der Waals surface area contributed by atoms with Gasteiger partial charge in [-0.2, -0.15) is 0 Å². The lowest BCUT2D eigenvalue weighted by Crippen LogP contribution is -2.53. The van der Waals surface area contributed by atoms with Crippen LogP contribution in [0.25, 0.3) is 0 Å². The molecule has 1 aromatic carbocycles. The first-order chi connectivity index (χ1) is 13.1. The van der Waals surface area contributed by atoms with E-state index in [9.17, 15) is 14.7 Å². The minimum Gasteiger partial charge on any atom is -0.492 e. The maximum absolute atomic E-state index is 13.0. The number of anilines is 1. The third-order valence-electron chi connectivity index (χ3n) is 5.57. The molecular weight excluding hydrogens is 348 g/mol. The lowest BCUT2D eigenvalue weighted by molar-refractivity contribution is -0.149. The summed E-state index contributed by atoms with van der Waals surface area (Å²) in [6.45, 7) is 5.05. The first-order valence-electron chi connectivity index (χ1n) is 9.42. The van der Waals surface area contributed by atoms with E-state index in [1.807, 2.05) is 37.3 Å². The summed E-state index contributed by atoms with van der Waals surface area (Å²) >= 11 is 0. The molecule has 7 heteroatoms. The quantitative estimate of drug-likeness (QED) is 0.787. The van der Waals surface area contributed by atoms with Gasteiger partial charge in [0.25, 0.3) is 0 Å². The molecule has 2 bridgehead atoms. The third-order valence-corrected chi connectivity index (χ3v) is 5.57. The van der Waals surface area contributed by atoms with E-state index in [1.54, 1.807) is 11.0 Å². The van der Waals surface area contributed by atoms with Crippen molar-refractivity contribution in [3.8, 4) is 5.75 Å². The highest BCUT2D eigenvalue weighted by Crippen LogP contribution is 2.40. The summed E-state index contributed by atoms with van der Waals surface area (Å²) in [5, 5.41) is 9.52. The van der Waals surface area contributed by atoms with Gasteiger partial charge in [0.15, 0.2) is 0 Å². The summed E-state index contributed by atoms with van der Waals surface area (Å²) in [5.74, 6) is -1.65. The van der Waals surface area contributed by atoms with Gasteiger partial charge in [0.2, 0.25) is 5.91 Å². The van der Waals surface area contributed by atoms with Gasteiger partial charge in [-0.05, 0) is 19.1 Å². The Bertz CT molecular complexity index is 756. The van der Waals surface area contributed by atoms with Gasteiger partial charge in [-0.15, -0.1) is 0 Å². The van der Waals surface area contributed by atoms with E-state index in [-0.39, 0.29) is 5.91 Å². The molecule has 2 saturated heterocycles. The molecule has 2 fully saturated rings. The van der Waals surface area contributed by atoms with Crippen LogP contribution in [0, 0.1) is 11.8 Å². The fourth-order valence-electron chi connectivity index (χ4n) is 4.27. The first-order valence-corrected chi connectivity index (χ1v) is 9.42. The van der Waals surface area contributed by atoms with Crippen molar-refractivity contribution < 1.29 is 24.2 Å². The van der Waals surface area contributed by atoms with E-state index >= 15 is 0 Å². The third kappa shape index (κ3) is 3.16. The zero-order valence-electron chi connectivity index (χ0n) is 15.3. The van der Waals surface area contributed by atoms with Gasteiger partial charge >= 0.3 is 5.97 Å². The Morgan fingerprint density at radius 2 is 1.78 bits per heavy atom. The number of ether oxygens (including phenoxy) is 2. The number of carbonyl (C=O) groups excluding carboxylic acids is 1. The van der Waals surface area contributed by atoms with E-state index < -0.39 is 30.0 Å². The van der Waals surface area contributed by atoms with E-state index in [0.29, 0.717) is 32.8 Å². The summed E-state index contributed by atoms with van der Waals surface area (Å²) in [7, 11) is 0. The van der Waals surface area contributed by atoms with Gasteiger partial charge in [-0.25, -0.2) is 0 Å². The zero-order chi connectivity index (χ0) is 19.0. The average Bonchev–Trinajstić information content (AvgIpc) is 3.30. The van der Waals surface area contributed by atoms with Crippen LogP contribution >= 0.6 is 0 Å². The highest BCUT2D eigenvalue weighted by Gasteiger charge is 2.54. The number of carboxylic acids is 1. The average molecular weight is 372 g/mol. The van der Waals surface area contributed by atoms with Gasteiger partial charge in [0, 0.05) is 26.2 Å². The number of rotatable bonds is 5. The number of fused-ring (bicyclic) bond motifs is 2. The molecule has 0 radical (unpaired) electrons. The van der Waals surface area contributed by atoms with Crippen LogP contribution in [0.2, 0.25) is 0 Å². The molecule has 7 nitrogen and oxygen atoms in total. The second-order valence-corrected chi connectivity index (χ2v) is 7.05. The molecule has 3 heterocycles. The van der Waals surface area contributed by atoms with Gasteiger partial charge in [-0.3, -0.25) is 9.59 Å². The number of carboxylic acid groups (broad SMARTS) is 1. The number of para-hydroxylation sites is 2. The maximum Gasteiger partial charge on any atom is 0.310 e. The smallest absolute Gasteiger partial charge is 0.310 e. The van der Waals surface area contributed by atoms with Gasteiger partial charge in [0.05, 0.1) is 30.4 Å². The maximum atomic E-state index is 13.0. The standard InChI is InChI=1S/C20H24N2O5/c1-2-26-14-6-4-3-5-13(14)21-9-11-22(12-10-21)19(23)17-15-7-8-16(27-15)18(17)20(24)25/h3-8,15-18H,2,9-12H2,1H3,(H,24,25)/t15-,16-,17-,18-/m1/s1. The predicted octanol–water partition coefficient (Wildman–Crippen LogP) is 1.39. The molecule has 1 amide bonds. The predicted molar refractivity (Wildman–Crippen MR) is 98.8 cm³/mol. The monoisotopic (exact) mass is 372 g/mol. The molecule has 3 aliphatic rings. The number of nitrogens with zero attached hydrogens (tertiary/aromatic N) is 2. The molecular formula is C20H24N2O5. The fraction of sp³-hybridized carbons (Fsp3) is 0.500. The van der Waals surface area contributed by atoms with Crippen molar-refractivity contribution in [3.63, 3.8) is 0 Å². The highest BCUT2D eigenvalue weighted by molar-refractivity contribution is 5.87. The Morgan fingerprint density at radius 1 is 1.11 bits per heavy atom. The van der Waals surface area contributed by atoms with Crippen LogP contribution in [0.15, 0.2) is 36.4 Å². The van der Waals surface area contributed by atoms with Crippen LogP contribution in [0.1, 0.15) is 6.92 Å². The Balaban J connectivity index is 1.43. The molecule has 144 valence electrons. The number of carbonyl (C=O) groups is 2. The summed E-state index contributed by atoms with van der Waals surface area (Å²) in [4.78, 5) is 28.6. The SMILES string of the molecule is CCOc1ccccc1N1CCN(C(=O)[C@H]2[C@H](C(=O)O)[C@H]3C=C[C@H]2O3)CC1. The normalized spacial score (nSPS) is 29.2. The van der Waals surface area contributed by atoms with Crippen LogP contribution in [-0.2, 0) is 14.3 Å². The molecule has 3 aliphatic heterocycles. The number of benzene rings is 1. The highest BCUT2D eigenvalue weighted by atomic mass is 16.5. The summed E-state index contributed by atoms with van der Waals surface area (Å²) in [6.07, 6.45) is 2.68. The Hall–Kier alpha value is -2.54. The Kier molecular flexibility index (Phi) is 4.78. The number of hydrogen-bond acceptors (Lipinski definition) is 5. The molecule has 0 aliphatic carbocycles. The minimum atomic E-state index is -0.963. The lowest BCUT2D eigenvalue weighted by Gasteiger charge is -2.38. The van der Waals surface area contributed by atoms with Crippen molar-refractivity contribution in [2.75, 3.05) is 37.7 Å². The van der Waals surface area contributed by atoms with Crippen LogP contribution < -0.4 is 9.64 Å². The van der Waals surface area contributed by atoms with Gasteiger partial charge in [0.1, 0.15) is 11.7 Å². The van der Waals surface area contributed by atoms with E-state index in [4.69, 9.17) is 9.47 Å². The second-order valence-electron chi connectivity index (χ2n) is 7.05. The van der Waals surface area contributed by atoms with Crippen LogP contribution in [-0.4, -0.2) is 66.9 Å². The van der Waals surface area contributed by atoms with Crippen LogP contribution in [0.5, 0.6) is 5.75 Å².